The Labute approximate surface area is 158 Å². The number of H-pyrrole nitrogens is 1. The van der Waals surface area contributed by atoms with E-state index in [0.717, 1.165) is 22.9 Å². The fourth-order valence-electron chi connectivity index (χ4n) is 3.26. The molecule has 3 N–H and O–H groups in total. The van der Waals surface area contributed by atoms with Crippen LogP contribution in [0, 0.1) is 5.92 Å². The number of benzene rings is 1. The maximum Gasteiger partial charge on any atom is 0.324 e. The number of imide groups is 1. The van der Waals surface area contributed by atoms with E-state index < -0.39 is 12.1 Å². The zero-order valence-electron chi connectivity index (χ0n) is 15.7. The predicted octanol–water partition coefficient (Wildman–Crippen LogP) is 2.18. The van der Waals surface area contributed by atoms with Gasteiger partial charge in [0.1, 0.15) is 6.04 Å². The molecule has 1 atom stereocenters. The standard InChI is InChI=1S/C20H26N4O3/c1-13(2)7-9-21-18(25)11-17-19(26)24(20(27)23-17)10-8-14-12-22-16-6-4-3-5-15(14)16/h3-6,12-13,17,22H,7-11H2,1-2H3,(H,21,25)(H,23,27)/t17-/m0/s1. The molecule has 2 aromatic rings. The number of nitrogens with one attached hydrogen (secondary N) is 3. The van der Waals surface area contributed by atoms with E-state index in [1.165, 1.54) is 4.90 Å². The molecule has 0 radical (unpaired) electrons. The van der Waals surface area contributed by atoms with Gasteiger partial charge >= 0.3 is 6.03 Å². The Morgan fingerprint density at radius 1 is 1.26 bits per heavy atom. The number of aromatic amines is 1. The molecule has 2 heterocycles. The fourth-order valence-corrected chi connectivity index (χ4v) is 3.26. The minimum atomic E-state index is -0.778. The van der Waals surface area contributed by atoms with Crippen LogP contribution in [0.15, 0.2) is 30.5 Å². The number of carbonyl (C=O) groups is 3. The van der Waals surface area contributed by atoms with Crippen LogP contribution in [-0.4, -0.2) is 46.9 Å². The first-order valence-corrected chi connectivity index (χ1v) is 9.39. The van der Waals surface area contributed by atoms with Crippen LogP contribution < -0.4 is 10.6 Å². The van der Waals surface area contributed by atoms with E-state index in [9.17, 15) is 14.4 Å². The lowest BCUT2D eigenvalue weighted by molar-refractivity contribution is -0.130. The second kappa shape index (κ2) is 8.24. The molecule has 0 bridgehead atoms. The molecule has 3 rings (SSSR count). The van der Waals surface area contributed by atoms with Gasteiger partial charge in [-0.3, -0.25) is 14.5 Å². The van der Waals surface area contributed by atoms with Crippen LogP contribution >= 0.6 is 0 Å². The molecule has 1 aromatic heterocycles. The summed E-state index contributed by atoms with van der Waals surface area (Å²) in [6.07, 6.45) is 3.33. The third-order valence-electron chi connectivity index (χ3n) is 4.82. The lowest BCUT2D eigenvalue weighted by atomic mass is 10.1. The molecule has 0 aliphatic carbocycles. The third kappa shape index (κ3) is 4.48. The Bertz CT molecular complexity index is 843. The predicted molar refractivity (Wildman–Crippen MR) is 103 cm³/mol. The number of urea groups is 1. The number of amides is 4. The Hall–Kier alpha value is -2.83. The first kappa shape index (κ1) is 18.9. The highest BCUT2D eigenvalue weighted by Crippen LogP contribution is 2.19. The molecule has 1 fully saturated rings. The summed E-state index contributed by atoms with van der Waals surface area (Å²) in [7, 11) is 0. The van der Waals surface area contributed by atoms with Crippen molar-refractivity contribution in [2.24, 2.45) is 5.92 Å². The summed E-state index contributed by atoms with van der Waals surface area (Å²) >= 11 is 0. The summed E-state index contributed by atoms with van der Waals surface area (Å²) in [5.74, 6) is -0.0512. The minimum Gasteiger partial charge on any atom is -0.361 e. The van der Waals surface area contributed by atoms with Gasteiger partial charge in [0.05, 0.1) is 6.42 Å². The zero-order chi connectivity index (χ0) is 19.4. The molecule has 144 valence electrons. The average molecular weight is 370 g/mol. The topological polar surface area (TPSA) is 94.3 Å². The second-order valence-corrected chi connectivity index (χ2v) is 7.34. The van der Waals surface area contributed by atoms with Gasteiger partial charge in [-0.2, -0.15) is 0 Å². The lowest BCUT2D eigenvalue weighted by Crippen LogP contribution is -2.37. The normalized spacial score (nSPS) is 17.0. The van der Waals surface area contributed by atoms with Gasteiger partial charge < -0.3 is 15.6 Å². The molecule has 1 saturated heterocycles. The fraction of sp³-hybridized carbons (Fsp3) is 0.450. The van der Waals surface area contributed by atoms with E-state index in [1.807, 2.05) is 30.5 Å². The summed E-state index contributed by atoms with van der Waals surface area (Å²) in [6.45, 7) is 5.03. The van der Waals surface area contributed by atoms with Gasteiger partial charge in [-0.15, -0.1) is 0 Å². The van der Waals surface area contributed by atoms with Crippen molar-refractivity contribution in [3.8, 4) is 0 Å². The van der Waals surface area contributed by atoms with Gasteiger partial charge in [0, 0.05) is 30.2 Å². The van der Waals surface area contributed by atoms with Crippen LogP contribution in [0.5, 0.6) is 0 Å². The average Bonchev–Trinajstić information content (AvgIpc) is 3.14. The number of hydrogen-bond donors (Lipinski definition) is 3. The van der Waals surface area contributed by atoms with Gasteiger partial charge in [-0.25, -0.2) is 4.79 Å². The highest BCUT2D eigenvalue weighted by molar-refractivity contribution is 6.05. The number of aromatic nitrogens is 1. The van der Waals surface area contributed by atoms with E-state index in [2.05, 4.69) is 29.5 Å². The van der Waals surface area contributed by atoms with Gasteiger partial charge in [0.25, 0.3) is 5.91 Å². The van der Waals surface area contributed by atoms with Crippen molar-refractivity contribution in [1.82, 2.24) is 20.5 Å². The largest absolute Gasteiger partial charge is 0.361 e. The van der Waals surface area contributed by atoms with Crippen molar-refractivity contribution < 1.29 is 14.4 Å². The number of fused-ring (bicyclic) bond motifs is 1. The molecule has 7 heteroatoms. The second-order valence-electron chi connectivity index (χ2n) is 7.34. The first-order valence-electron chi connectivity index (χ1n) is 9.39. The van der Waals surface area contributed by atoms with Crippen molar-refractivity contribution in [2.75, 3.05) is 13.1 Å². The van der Waals surface area contributed by atoms with Gasteiger partial charge in [0.2, 0.25) is 5.91 Å². The summed E-state index contributed by atoms with van der Waals surface area (Å²) in [6, 6.07) is 6.70. The van der Waals surface area contributed by atoms with Crippen LogP contribution in [0.1, 0.15) is 32.3 Å². The molecule has 0 spiro atoms. The Morgan fingerprint density at radius 2 is 2.04 bits per heavy atom. The Balaban J connectivity index is 1.54. The Kier molecular flexibility index (Phi) is 5.78. The molecule has 1 aromatic carbocycles. The number of rotatable bonds is 8. The summed E-state index contributed by atoms with van der Waals surface area (Å²) in [5, 5.41) is 6.51. The first-order chi connectivity index (χ1) is 13.0. The van der Waals surface area contributed by atoms with Gasteiger partial charge in [0.15, 0.2) is 0 Å². The molecule has 27 heavy (non-hydrogen) atoms. The summed E-state index contributed by atoms with van der Waals surface area (Å²) in [4.78, 5) is 41.1. The zero-order valence-corrected chi connectivity index (χ0v) is 15.7. The molecule has 1 aliphatic heterocycles. The summed E-state index contributed by atoms with van der Waals surface area (Å²) in [5.41, 5.74) is 2.08. The van der Waals surface area contributed by atoms with Gasteiger partial charge in [-0.1, -0.05) is 32.0 Å². The highest BCUT2D eigenvalue weighted by atomic mass is 16.2. The molecule has 7 nitrogen and oxygen atoms in total. The van der Waals surface area contributed by atoms with Crippen LogP contribution in [0.2, 0.25) is 0 Å². The number of hydrogen-bond acceptors (Lipinski definition) is 3. The van der Waals surface area contributed by atoms with Crippen LogP contribution in [0.3, 0.4) is 0 Å². The van der Waals surface area contributed by atoms with Crippen molar-refractivity contribution in [3.05, 3.63) is 36.0 Å². The van der Waals surface area contributed by atoms with E-state index >= 15 is 0 Å². The van der Waals surface area contributed by atoms with Crippen molar-refractivity contribution >= 4 is 28.7 Å². The molecule has 1 aliphatic rings. The molecule has 0 saturated carbocycles. The van der Waals surface area contributed by atoms with Crippen LogP contribution in [0.25, 0.3) is 10.9 Å². The Morgan fingerprint density at radius 3 is 2.81 bits per heavy atom. The minimum absolute atomic E-state index is 0.0216. The van der Waals surface area contributed by atoms with E-state index in [0.29, 0.717) is 18.9 Å². The van der Waals surface area contributed by atoms with Gasteiger partial charge in [-0.05, 0) is 30.4 Å². The third-order valence-corrected chi connectivity index (χ3v) is 4.82. The molecular weight excluding hydrogens is 344 g/mol. The lowest BCUT2D eigenvalue weighted by Gasteiger charge is -2.13. The maximum atomic E-state index is 12.5. The number of para-hydroxylation sites is 1. The molecule has 0 unspecified atom stereocenters. The van der Waals surface area contributed by atoms with E-state index in [-0.39, 0.29) is 24.8 Å². The molecule has 4 amide bonds. The SMILES string of the molecule is CC(C)CCNC(=O)C[C@@H]1NC(=O)N(CCc2c[nH]c3ccccc23)C1=O. The quantitative estimate of drug-likeness (QED) is 0.622. The number of nitrogens with zero attached hydrogens (tertiary/aromatic N) is 1. The molecular formula is C20H26N4O3. The smallest absolute Gasteiger partial charge is 0.324 e. The maximum absolute atomic E-state index is 12.5. The van der Waals surface area contributed by atoms with Crippen LogP contribution in [0.4, 0.5) is 4.79 Å². The summed E-state index contributed by atoms with van der Waals surface area (Å²) < 4.78 is 0. The highest BCUT2D eigenvalue weighted by Gasteiger charge is 2.38. The number of carbonyl (C=O) groups excluding carboxylic acids is 3. The van der Waals surface area contributed by atoms with E-state index in [1.54, 1.807) is 0 Å². The van der Waals surface area contributed by atoms with Crippen molar-refractivity contribution in [2.45, 2.75) is 39.2 Å². The van der Waals surface area contributed by atoms with Crippen molar-refractivity contribution in [3.63, 3.8) is 0 Å². The van der Waals surface area contributed by atoms with Crippen LogP contribution in [-0.2, 0) is 16.0 Å². The monoisotopic (exact) mass is 370 g/mol. The van der Waals surface area contributed by atoms with Crippen molar-refractivity contribution in [1.29, 1.82) is 0 Å². The van der Waals surface area contributed by atoms with E-state index in [4.69, 9.17) is 0 Å².